The average molecular weight is 356 g/mol. The molecule has 0 spiro atoms. The number of nitrogens with one attached hydrogen (secondary N) is 3. The van der Waals surface area contributed by atoms with Crippen LogP contribution in [-0.4, -0.2) is 53.7 Å². The van der Waals surface area contributed by atoms with E-state index < -0.39 is 23.8 Å². The fourth-order valence-corrected chi connectivity index (χ4v) is 3.35. The minimum atomic E-state index is -0.931. The molecule has 3 aliphatic rings. The van der Waals surface area contributed by atoms with Gasteiger partial charge in [-0.25, -0.2) is 0 Å². The van der Waals surface area contributed by atoms with Gasteiger partial charge in [0.1, 0.15) is 6.04 Å². The van der Waals surface area contributed by atoms with Gasteiger partial charge in [0.25, 0.3) is 11.8 Å². The third-order valence-electron chi connectivity index (χ3n) is 4.90. The lowest BCUT2D eigenvalue weighted by Gasteiger charge is -2.27. The van der Waals surface area contributed by atoms with Crippen molar-refractivity contribution in [1.82, 2.24) is 15.5 Å². The number of imide groups is 2. The summed E-state index contributed by atoms with van der Waals surface area (Å²) in [4.78, 5) is 49.6. The summed E-state index contributed by atoms with van der Waals surface area (Å²) in [6.45, 7) is 1.55. The molecule has 2 aliphatic heterocycles. The molecule has 1 unspecified atom stereocenters. The van der Waals surface area contributed by atoms with E-state index in [1.54, 1.807) is 18.2 Å². The molecule has 1 aliphatic carbocycles. The van der Waals surface area contributed by atoms with Gasteiger partial charge in [-0.15, -0.1) is 0 Å². The molecule has 0 radical (unpaired) electrons. The van der Waals surface area contributed by atoms with Gasteiger partial charge in [0, 0.05) is 31.2 Å². The first-order chi connectivity index (χ1) is 12.5. The maximum atomic E-state index is 12.7. The highest BCUT2D eigenvalue weighted by Crippen LogP contribution is 2.29. The molecule has 4 rings (SSSR count). The zero-order valence-corrected chi connectivity index (χ0v) is 14.2. The first-order valence-electron chi connectivity index (χ1n) is 8.87. The van der Waals surface area contributed by atoms with Crippen molar-refractivity contribution in [2.45, 2.75) is 37.8 Å². The van der Waals surface area contributed by atoms with Crippen molar-refractivity contribution in [2.24, 2.45) is 0 Å². The predicted molar refractivity (Wildman–Crippen MR) is 92.6 cm³/mol. The molecule has 1 atom stereocenters. The fourth-order valence-electron chi connectivity index (χ4n) is 3.35. The molecule has 136 valence electrons. The number of amides is 4. The number of carbonyl (C=O) groups is 4. The number of piperidine rings is 1. The Kier molecular flexibility index (Phi) is 4.20. The summed E-state index contributed by atoms with van der Waals surface area (Å²) >= 11 is 0. The lowest BCUT2D eigenvalue weighted by molar-refractivity contribution is -0.136. The Morgan fingerprint density at radius 1 is 1.00 bits per heavy atom. The van der Waals surface area contributed by atoms with Crippen LogP contribution in [0.4, 0.5) is 5.69 Å². The van der Waals surface area contributed by atoms with Gasteiger partial charge in [-0.3, -0.25) is 29.4 Å². The Morgan fingerprint density at radius 2 is 1.77 bits per heavy atom. The summed E-state index contributed by atoms with van der Waals surface area (Å²) in [5.41, 5.74) is 1.34. The molecule has 8 heteroatoms. The van der Waals surface area contributed by atoms with Crippen LogP contribution in [0.1, 0.15) is 46.4 Å². The van der Waals surface area contributed by atoms with Gasteiger partial charge in [0.2, 0.25) is 11.8 Å². The van der Waals surface area contributed by atoms with Gasteiger partial charge in [0.15, 0.2) is 0 Å². The Morgan fingerprint density at radius 3 is 2.50 bits per heavy atom. The number of nitrogens with zero attached hydrogens (tertiary/aromatic N) is 1. The number of anilines is 1. The Bertz CT molecular complexity index is 802. The van der Waals surface area contributed by atoms with Crippen molar-refractivity contribution in [2.75, 3.05) is 18.4 Å². The highest BCUT2D eigenvalue weighted by molar-refractivity contribution is 6.23. The maximum absolute atomic E-state index is 12.7. The number of carbonyl (C=O) groups excluding carboxylic acids is 4. The summed E-state index contributed by atoms with van der Waals surface area (Å²) in [5, 5.41) is 8.81. The van der Waals surface area contributed by atoms with Crippen molar-refractivity contribution in [1.29, 1.82) is 0 Å². The van der Waals surface area contributed by atoms with Gasteiger partial charge in [-0.05, 0) is 37.5 Å². The highest BCUT2D eigenvalue weighted by Gasteiger charge is 2.44. The van der Waals surface area contributed by atoms with Crippen LogP contribution in [0.25, 0.3) is 0 Å². The van der Waals surface area contributed by atoms with E-state index in [2.05, 4.69) is 16.0 Å². The largest absolute Gasteiger partial charge is 0.384 e. The standard InChI is InChI=1S/C18H20N4O4/c23-15-6-5-14(16(24)21-15)22-17(25)12-4-3-11(9-13(12)18(22)26)20-8-7-19-10-1-2-10/h3-4,9-10,14,19-20H,1-2,5-8H2,(H,21,23,24). The van der Waals surface area contributed by atoms with E-state index in [1.807, 2.05) is 0 Å². The predicted octanol–water partition coefficient (Wildman–Crippen LogP) is 0.252. The molecule has 2 fully saturated rings. The van der Waals surface area contributed by atoms with E-state index in [1.165, 1.54) is 12.8 Å². The van der Waals surface area contributed by atoms with Gasteiger partial charge < -0.3 is 10.6 Å². The van der Waals surface area contributed by atoms with Crippen LogP contribution in [-0.2, 0) is 9.59 Å². The quantitative estimate of drug-likeness (QED) is 0.498. The lowest BCUT2D eigenvalue weighted by Crippen LogP contribution is -2.54. The summed E-state index contributed by atoms with van der Waals surface area (Å²) in [7, 11) is 0. The van der Waals surface area contributed by atoms with Crippen LogP contribution in [0.15, 0.2) is 18.2 Å². The zero-order chi connectivity index (χ0) is 18.3. The van der Waals surface area contributed by atoms with Crippen LogP contribution >= 0.6 is 0 Å². The third kappa shape index (κ3) is 3.08. The maximum Gasteiger partial charge on any atom is 0.262 e. The van der Waals surface area contributed by atoms with Gasteiger partial charge in [-0.2, -0.15) is 0 Å². The number of fused-ring (bicyclic) bond motifs is 1. The zero-order valence-electron chi connectivity index (χ0n) is 14.2. The van der Waals surface area contributed by atoms with E-state index in [-0.39, 0.29) is 18.7 Å². The summed E-state index contributed by atoms with van der Waals surface area (Å²) in [6.07, 6.45) is 2.73. The summed E-state index contributed by atoms with van der Waals surface area (Å²) in [6, 6.07) is 4.73. The second-order valence-corrected chi connectivity index (χ2v) is 6.86. The van der Waals surface area contributed by atoms with E-state index >= 15 is 0 Å². The second kappa shape index (κ2) is 6.53. The molecule has 1 saturated carbocycles. The number of rotatable bonds is 6. The van der Waals surface area contributed by atoms with Crippen LogP contribution in [0.3, 0.4) is 0 Å². The highest BCUT2D eigenvalue weighted by atomic mass is 16.2. The molecule has 0 bridgehead atoms. The molecule has 1 aromatic rings. The van der Waals surface area contributed by atoms with Gasteiger partial charge in [0.05, 0.1) is 11.1 Å². The number of hydrogen-bond donors (Lipinski definition) is 3. The molecular formula is C18H20N4O4. The van der Waals surface area contributed by atoms with Crippen LogP contribution in [0, 0.1) is 0 Å². The molecule has 26 heavy (non-hydrogen) atoms. The second-order valence-electron chi connectivity index (χ2n) is 6.86. The first-order valence-corrected chi connectivity index (χ1v) is 8.87. The molecular weight excluding hydrogens is 336 g/mol. The molecule has 1 saturated heterocycles. The summed E-state index contributed by atoms with van der Waals surface area (Å²) in [5.74, 6) is -1.95. The normalized spacial score (nSPS) is 22.5. The van der Waals surface area contributed by atoms with Crippen molar-refractivity contribution in [3.05, 3.63) is 29.3 Å². The fraction of sp³-hybridized carbons (Fsp3) is 0.444. The van der Waals surface area contributed by atoms with Gasteiger partial charge in [-0.1, -0.05) is 0 Å². The Hall–Kier alpha value is -2.74. The Labute approximate surface area is 150 Å². The molecule has 4 amide bonds. The molecule has 2 heterocycles. The first kappa shape index (κ1) is 16.7. The lowest BCUT2D eigenvalue weighted by atomic mass is 10.0. The minimum Gasteiger partial charge on any atom is -0.384 e. The van der Waals surface area contributed by atoms with E-state index in [0.29, 0.717) is 23.7 Å². The van der Waals surface area contributed by atoms with E-state index in [4.69, 9.17) is 0 Å². The monoisotopic (exact) mass is 356 g/mol. The van der Waals surface area contributed by atoms with E-state index in [9.17, 15) is 19.2 Å². The van der Waals surface area contributed by atoms with Crippen LogP contribution in [0.2, 0.25) is 0 Å². The van der Waals surface area contributed by atoms with Gasteiger partial charge >= 0.3 is 0 Å². The van der Waals surface area contributed by atoms with Crippen molar-refractivity contribution in [3.8, 4) is 0 Å². The topological polar surface area (TPSA) is 108 Å². The van der Waals surface area contributed by atoms with Crippen LogP contribution in [0.5, 0.6) is 0 Å². The SMILES string of the molecule is O=C1CCC(N2C(=O)c3ccc(NCCNC4CC4)cc3C2=O)C(=O)N1. The number of hydrogen-bond acceptors (Lipinski definition) is 6. The van der Waals surface area contributed by atoms with E-state index in [0.717, 1.165) is 17.1 Å². The Balaban J connectivity index is 1.46. The number of benzene rings is 1. The molecule has 3 N–H and O–H groups in total. The summed E-state index contributed by atoms with van der Waals surface area (Å²) < 4.78 is 0. The van der Waals surface area contributed by atoms with Crippen molar-refractivity contribution >= 4 is 29.3 Å². The average Bonchev–Trinajstić information content (AvgIpc) is 3.41. The molecule has 0 aromatic heterocycles. The smallest absolute Gasteiger partial charge is 0.262 e. The van der Waals surface area contributed by atoms with Crippen molar-refractivity contribution < 1.29 is 19.2 Å². The van der Waals surface area contributed by atoms with Crippen LogP contribution < -0.4 is 16.0 Å². The molecule has 1 aromatic carbocycles. The minimum absolute atomic E-state index is 0.116. The third-order valence-corrected chi connectivity index (χ3v) is 4.90. The molecule has 8 nitrogen and oxygen atoms in total. The van der Waals surface area contributed by atoms with Crippen molar-refractivity contribution in [3.63, 3.8) is 0 Å².